The van der Waals surface area contributed by atoms with Crippen LogP contribution in [-0.2, 0) is 6.18 Å². The quantitative estimate of drug-likeness (QED) is 0.685. The molecule has 0 radical (unpaired) electrons. The number of aliphatic hydroxyl groups excluding tert-OH is 1. The van der Waals surface area contributed by atoms with E-state index in [1.807, 2.05) is 32.9 Å². The number of nitrogens with one attached hydrogen (secondary N) is 2. The van der Waals surface area contributed by atoms with E-state index >= 15 is 0 Å². The van der Waals surface area contributed by atoms with E-state index in [-0.39, 0.29) is 24.9 Å². The molecule has 1 heterocycles. The molecule has 0 saturated heterocycles. The number of benzene rings is 1. The Labute approximate surface area is 144 Å². The van der Waals surface area contributed by atoms with Crippen molar-refractivity contribution in [3.63, 3.8) is 0 Å². The Hall–Kier alpha value is -2.35. The lowest BCUT2D eigenvalue weighted by atomic mass is 10.1. The van der Waals surface area contributed by atoms with Crippen LogP contribution in [0.3, 0.4) is 0 Å². The molecule has 0 unspecified atom stereocenters. The Balaban J connectivity index is 2.37. The summed E-state index contributed by atoms with van der Waals surface area (Å²) in [5.74, 6) is -0.0722. The summed E-state index contributed by atoms with van der Waals surface area (Å²) in [4.78, 5) is 7.61. The highest BCUT2D eigenvalue weighted by Gasteiger charge is 2.33. The summed E-state index contributed by atoms with van der Waals surface area (Å²) in [6.45, 7) is 5.93. The van der Waals surface area contributed by atoms with E-state index in [2.05, 4.69) is 20.6 Å². The molecule has 25 heavy (non-hydrogen) atoms. The van der Waals surface area contributed by atoms with E-state index in [9.17, 15) is 13.2 Å². The fraction of sp³-hybridized carbons (Fsp3) is 0.412. The van der Waals surface area contributed by atoms with Gasteiger partial charge >= 0.3 is 6.18 Å². The van der Waals surface area contributed by atoms with E-state index in [4.69, 9.17) is 5.11 Å². The molecule has 0 amide bonds. The van der Waals surface area contributed by atoms with E-state index in [1.54, 1.807) is 0 Å². The molecule has 0 aliphatic carbocycles. The highest BCUT2D eigenvalue weighted by molar-refractivity contribution is 5.66. The van der Waals surface area contributed by atoms with Crippen LogP contribution in [0.4, 0.5) is 30.6 Å². The van der Waals surface area contributed by atoms with Gasteiger partial charge in [0.2, 0.25) is 5.95 Å². The van der Waals surface area contributed by atoms with Crippen molar-refractivity contribution in [3.8, 4) is 0 Å². The number of aryl methyl sites for hydroxylation is 3. The molecule has 2 rings (SSSR count). The first-order valence-electron chi connectivity index (χ1n) is 7.86. The predicted octanol–water partition coefficient (Wildman–Crippen LogP) is 3.96. The molecule has 1 aromatic heterocycles. The summed E-state index contributed by atoms with van der Waals surface area (Å²) in [6.07, 6.45) is -4.19. The Morgan fingerprint density at radius 1 is 1.04 bits per heavy atom. The third kappa shape index (κ3) is 5.06. The zero-order chi connectivity index (χ0) is 18.6. The second kappa shape index (κ2) is 7.69. The van der Waals surface area contributed by atoms with E-state index in [0.29, 0.717) is 6.42 Å². The molecule has 0 aliphatic heterocycles. The molecule has 136 valence electrons. The van der Waals surface area contributed by atoms with Gasteiger partial charge in [0.1, 0.15) is 5.82 Å². The van der Waals surface area contributed by atoms with E-state index < -0.39 is 11.9 Å². The summed E-state index contributed by atoms with van der Waals surface area (Å²) in [7, 11) is 0. The van der Waals surface area contributed by atoms with E-state index in [0.717, 1.165) is 28.4 Å². The minimum Gasteiger partial charge on any atom is -0.396 e. The van der Waals surface area contributed by atoms with Crippen LogP contribution in [0.5, 0.6) is 0 Å². The van der Waals surface area contributed by atoms with Crippen LogP contribution in [0.25, 0.3) is 0 Å². The summed E-state index contributed by atoms with van der Waals surface area (Å²) in [6, 6.07) is 4.78. The van der Waals surface area contributed by atoms with Crippen molar-refractivity contribution in [2.75, 3.05) is 23.8 Å². The summed E-state index contributed by atoms with van der Waals surface area (Å²) < 4.78 is 39.3. The minimum atomic E-state index is -4.58. The third-order valence-electron chi connectivity index (χ3n) is 3.56. The number of hydrogen-bond donors (Lipinski definition) is 3. The zero-order valence-corrected chi connectivity index (χ0v) is 14.3. The fourth-order valence-electron chi connectivity index (χ4n) is 2.52. The lowest BCUT2D eigenvalue weighted by Gasteiger charge is -2.16. The molecule has 0 saturated carbocycles. The van der Waals surface area contributed by atoms with Crippen LogP contribution in [0.1, 0.15) is 28.8 Å². The number of rotatable bonds is 6. The molecular formula is C17H21F3N4O. The molecule has 0 fully saturated rings. The molecule has 8 heteroatoms. The van der Waals surface area contributed by atoms with Crippen LogP contribution < -0.4 is 10.6 Å². The number of anilines is 3. The fourth-order valence-corrected chi connectivity index (χ4v) is 2.52. The average Bonchev–Trinajstić information content (AvgIpc) is 2.50. The van der Waals surface area contributed by atoms with Crippen molar-refractivity contribution in [1.29, 1.82) is 0 Å². The highest BCUT2D eigenvalue weighted by atomic mass is 19.4. The van der Waals surface area contributed by atoms with Crippen molar-refractivity contribution in [2.24, 2.45) is 0 Å². The van der Waals surface area contributed by atoms with Crippen molar-refractivity contribution in [2.45, 2.75) is 33.4 Å². The first-order chi connectivity index (χ1) is 11.7. The molecule has 5 nitrogen and oxygen atoms in total. The molecule has 0 spiro atoms. The number of halogens is 3. The second-order valence-corrected chi connectivity index (χ2v) is 5.86. The molecule has 0 atom stereocenters. The van der Waals surface area contributed by atoms with Gasteiger partial charge in [-0.3, -0.25) is 0 Å². The van der Waals surface area contributed by atoms with Gasteiger partial charge in [-0.05, 0) is 38.3 Å². The molecule has 1 aromatic carbocycles. The van der Waals surface area contributed by atoms with Crippen molar-refractivity contribution in [1.82, 2.24) is 9.97 Å². The SMILES string of the molecule is Cc1cc(C)c(Nc2cc(C(F)(F)F)nc(NCCCO)n2)c(C)c1. The summed E-state index contributed by atoms with van der Waals surface area (Å²) >= 11 is 0. The number of aliphatic hydroxyl groups is 1. The van der Waals surface area contributed by atoms with Crippen molar-refractivity contribution < 1.29 is 18.3 Å². The Morgan fingerprint density at radius 3 is 2.24 bits per heavy atom. The maximum atomic E-state index is 13.1. The predicted molar refractivity (Wildman–Crippen MR) is 91.2 cm³/mol. The van der Waals surface area contributed by atoms with E-state index in [1.165, 1.54) is 0 Å². The Bertz CT molecular complexity index is 724. The standard InChI is InChI=1S/C17H21F3N4O/c1-10-7-11(2)15(12(3)8-10)23-14-9-13(17(18,19)20)22-16(24-14)21-5-4-6-25/h7-9,25H,4-6H2,1-3H3,(H2,21,22,23,24). The van der Waals surface area contributed by atoms with Gasteiger partial charge in [-0.25, -0.2) is 4.98 Å². The number of alkyl halides is 3. The maximum absolute atomic E-state index is 13.1. The normalized spacial score (nSPS) is 11.5. The van der Waals surface area contributed by atoms with Crippen molar-refractivity contribution in [3.05, 3.63) is 40.6 Å². The summed E-state index contributed by atoms with van der Waals surface area (Å²) in [5, 5.41) is 14.5. The first kappa shape index (κ1) is 19.0. The minimum absolute atomic E-state index is 0.0591. The van der Waals surface area contributed by atoms with Gasteiger partial charge in [0.25, 0.3) is 0 Å². The Morgan fingerprint density at radius 2 is 1.68 bits per heavy atom. The van der Waals surface area contributed by atoms with Crippen LogP contribution in [0, 0.1) is 20.8 Å². The van der Waals surface area contributed by atoms with Gasteiger partial charge in [-0.2, -0.15) is 18.2 Å². The van der Waals surface area contributed by atoms with Gasteiger partial charge in [0, 0.05) is 24.9 Å². The second-order valence-electron chi connectivity index (χ2n) is 5.86. The zero-order valence-electron chi connectivity index (χ0n) is 14.3. The smallest absolute Gasteiger partial charge is 0.396 e. The first-order valence-corrected chi connectivity index (χ1v) is 7.86. The van der Waals surface area contributed by atoms with Crippen LogP contribution >= 0.6 is 0 Å². The van der Waals surface area contributed by atoms with Crippen LogP contribution in [0.2, 0.25) is 0 Å². The van der Waals surface area contributed by atoms with Gasteiger partial charge < -0.3 is 15.7 Å². The number of nitrogens with zero attached hydrogens (tertiary/aromatic N) is 2. The van der Waals surface area contributed by atoms with Gasteiger partial charge in [-0.1, -0.05) is 17.7 Å². The van der Waals surface area contributed by atoms with Gasteiger partial charge in [-0.15, -0.1) is 0 Å². The third-order valence-corrected chi connectivity index (χ3v) is 3.56. The summed E-state index contributed by atoms with van der Waals surface area (Å²) in [5.41, 5.74) is 2.60. The molecular weight excluding hydrogens is 333 g/mol. The van der Waals surface area contributed by atoms with Crippen LogP contribution in [0.15, 0.2) is 18.2 Å². The molecule has 0 bridgehead atoms. The lowest BCUT2D eigenvalue weighted by Crippen LogP contribution is -2.14. The van der Waals surface area contributed by atoms with Gasteiger partial charge in [0.15, 0.2) is 5.69 Å². The monoisotopic (exact) mass is 354 g/mol. The Kier molecular flexibility index (Phi) is 5.84. The van der Waals surface area contributed by atoms with Crippen LogP contribution in [-0.4, -0.2) is 28.2 Å². The largest absolute Gasteiger partial charge is 0.433 e. The van der Waals surface area contributed by atoms with Gasteiger partial charge in [0.05, 0.1) is 0 Å². The molecule has 0 aliphatic rings. The number of aromatic nitrogens is 2. The number of hydrogen-bond acceptors (Lipinski definition) is 5. The highest BCUT2D eigenvalue weighted by Crippen LogP contribution is 2.31. The maximum Gasteiger partial charge on any atom is 0.433 e. The molecule has 2 aromatic rings. The van der Waals surface area contributed by atoms with Crippen molar-refractivity contribution >= 4 is 17.5 Å². The lowest BCUT2D eigenvalue weighted by molar-refractivity contribution is -0.141. The topological polar surface area (TPSA) is 70.1 Å². The molecule has 3 N–H and O–H groups in total. The average molecular weight is 354 g/mol.